The van der Waals surface area contributed by atoms with Gasteiger partial charge in [-0.1, -0.05) is 30.3 Å². The van der Waals surface area contributed by atoms with Crippen molar-refractivity contribution in [3.8, 4) is 5.75 Å². The van der Waals surface area contributed by atoms with Gasteiger partial charge in [0.1, 0.15) is 5.75 Å². The number of benzene rings is 2. The molecule has 1 atom stereocenters. The first-order chi connectivity index (χ1) is 8.97. The van der Waals surface area contributed by atoms with Crippen LogP contribution in [0.3, 0.4) is 0 Å². The van der Waals surface area contributed by atoms with Crippen LogP contribution in [0.15, 0.2) is 48.5 Å². The molecule has 0 saturated heterocycles. The highest BCUT2D eigenvalue weighted by molar-refractivity contribution is 5.43. The van der Waals surface area contributed by atoms with Crippen LogP contribution in [0.1, 0.15) is 11.7 Å². The average molecular weight is 266 g/mol. The summed E-state index contributed by atoms with van der Waals surface area (Å²) in [6.07, 6.45) is -6.53. The van der Waals surface area contributed by atoms with Gasteiger partial charge in [-0.25, -0.2) is 0 Å². The maximum atomic E-state index is 13.0. The van der Waals surface area contributed by atoms with Crippen molar-refractivity contribution in [3.05, 3.63) is 60.2 Å². The van der Waals surface area contributed by atoms with E-state index < -0.39 is 12.3 Å². The lowest BCUT2D eigenvalue weighted by Crippen LogP contribution is -2.26. The molecule has 0 saturated carbocycles. The van der Waals surface area contributed by atoms with Gasteiger partial charge >= 0.3 is 6.18 Å². The summed E-state index contributed by atoms with van der Waals surface area (Å²) in [6.45, 7) is 0. The Morgan fingerprint density at radius 2 is 1.79 bits per heavy atom. The number of halogens is 3. The van der Waals surface area contributed by atoms with E-state index in [1.165, 1.54) is 42.5 Å². The molecular formula is C14H11F3NO. The van der Waals surface area contributed by atoms with Crippen molar-refractivity contribution in [2.45, 2.75) is 12.3 Å². The summed E-state index contributed by atoms with van der Waals surface area (Å²) in [6, 6.07) is 14.2. The molecular weight excluding hydrogens is 255 g/mol. The third-order valence-electron chi connectivity index (χ3n) is 2.44. The lowest BCUT2D eigenvalue weighted by atomic mass is 10.1. The molecule has 2 nitrogen and oxygen atoms in total. The minimum atomic E-state index is -4.51. The molecule has 0 heterocycles. The van der Waals surface area contributed by atoms with E-state index >= 15 is 0 Å². The van der Waals surface area contributed by atoms with E-state index in [1.54, 1.807) is 6.07 Å². The number of alkyl halides is 3. The summed E-state index contributed by atoms with van der Waals surface area (Å²) >= 11 is 0. The predicted molar refractivity (Wildman–Crippen MR) is 65.6 cm³/mol. The maximum Gasteiger partial charge on any atom is 0.429 e. The SMILES string of the molecule is Nc1c[c]cc(OC(c2ccccc2)C(F)(F)F)c1. The van der Waals surface area contributed by atoms with Gasteiger partial charge in [-0.3, -0.25) is 0 Å². The number of rotatable bonds is 3. The molecule has 5 heteroatoms. The monoisotopic (exact) mass is 266 g/mol. The Morgan fingerprint density at radius 1 is 1.11 bits per heavy atom. The highest BCUT2D eigenvalue weighted by atomic mass is 19.4. The van der Waals surface area contributed by atoms with Crippen molar-refractivity contribution < 1.29 is 17.9 Å². The zero-order valence-corrected chi connectivity index (χ0v) is 9.82. The largest absolute Gasteiger partial charge is 0.476 e. The third kappa shape index (κ3) is 3.40. The molecule has 0 amide bonds. The fourth-order valence-corrected chi connectivity index (χ4v) is 1.62. The molecule has 0 aliphatic rings. The molecule has 0 bridgehead atoms. The molecule has 0 aliphatic heterocycles. The number of hydrogen-bond donors (Lipinski definition) is 1. The number of ether oxygens (including phenoxy) is 1. The van der Waals surface area contributed by atoms with Gasteiger partial charge in [0.15, 0.2) is 0 Å². The fraction of sp³-hybridized carbons (Fsp3) is 0.143. The zero-order valence-electron chi connectivity index (χ0n) is 9.82. The van der Waals surface area contributed by atoms with Crippen molar-refractivity contribution in [2.24, 2.45) is 0 Å². The van der Waals surface area contributed by atoms with Gasteiger partial charge in [-0.15, -0.1) is 0 Å². The van der Waals surface area contributed by atoms with E-state index in [1.807, 2.05) is 0 Å². The lowest BCUT2D eigenvalue weighted by molar-refractivity contribution is -0.198. The number of nitrogen functional groups attached to an aromatic ring is 1. The van der Waals surface area contributed by atoms with Gasteiger partial charge in [0, 0.05) is 17.3 Å². The first-order valence-electron chi connectivity index (χ1n) is 5.52. The Labute approximate surface area is 108 Å². The van der Waals surface area contributed by atoms with Crippen molar-refractivity contribution in [1.82, 2.24) is 0 Å². The van der Waals surface area contributed by atoms with Crippen molar-refractivity contribution >= 4 is 5.69 Å². The summed E-state index contributed by atoms with van der Waals surface area (Å²) in [5.41, 5.74) is 5.83. The Morgan fingerprint density at radius 3 is 2.37 bits per heavy atom. The van der Waals surface area contributed by atoms with Crippen LogP contribution in [0.2, 0.25) is 0 Å². The van der Waals surface area contributed by atoms with Gasteiger partial charge in [0.2, 0.25) is 6.10 Å². The number of anilines is 1. The number of nitrogens with two attached hydrogens (primary N) is 1. The minimum Gasteiger partial charge on any atom is -0.476 e. The Balaban J connectivity index is 2.30. The molecule has 0 fully saturated rings. The quantitative estimate of drug-likeness (QED) is 0.859. The van der Waals surface area contributed by atoms with E-state index in [0.717, 1.165) is 0 Å². The van der Waals surface area contributed by atoms with Crippen LogP contribution in [0.5, 0.6) is 5.75 Å². The molecule has 19 heavy (non-hydrogen) atoms. The molecule has 1 radical (unpaired) electrons. The molecule has 1 unspecified atom stereocenters. The maximum absolute atomic E-state index is 13.0. The van der Waals surface area contributed by atoms with Gasteiger partial charge in [0.25, 0.3) is 0 Å². The summed E-state index contributed by atoms with van der Waals surface area (Å²) in [7, 11) is 0. The normalized spacial score (nSPS) is 13.0. The lowest BCUT2D eigenvalue weighted by Gasteiger charge is -2.22. The summed E-state index contributed by atoms with van der Waals surface area (Å²) in [4.78, 5) is 0. The van der Waals surface area contributed by atoms with Crippen LogP contribution in [0.4, 0.5) is 18.9 Å². The van der Waals surface area contributed by atoms with Crippen LogP contribution in [0, 0.1) is 6.07 Å². The predicted octanol–water partition coefficient (Wildman–Crippen LogP) is 3.75. The standard InChI is InChI=1S/C14H11F3NO/c15-14(16,17)13(10-5-2-1-3-6-10)19-12-8-4-7-11(18)9-12/h1-3,5-9,13H,18H2. The summed E-state index contributed by atoms with van der Waals surface area (Å²) < 4.78 is 44.1. The summed E-state index contributed by atoms with van der Waals surface area (Å²) in [5.74, 6) is 0.0335. The Hall–Kier alpha value is -2.17. The first-order valence-corrected chi connectivity index (χ1v) is 5.52. The van der Waals surface area contributed by atoms with Crippen LogP contribution in [-0.2, 0) is 0 Å². The van der Waals surface area contributed by atoms with Crippen LogP contribution in [-0.4, -0.2) is 6.18 Å². The third-order valence-corrected chi connectivity index (χ3v) is 2.44. The van der Waals surface area contributed by atoms with Crippen molar-refractivity contribution in [3.63, 3.8) is 0 Å². The second-order valence-corrected chi connectivity index (χ2v) is 3.95. The van der Waals surface area contributed by atoms with Crippen molar-refractivity contribution in [1.29, 1.82) is 0 Å². The molecule has 2 rings (SSSR count). The Bertz CT molecular complexity index is 540. The second kappa shape index (κ2) is 5.22. The van der Waals surface area contributed by atoms with E-state index in [-0.39, 0.29) is 11.3 Å². The van der Waals surface area contributed by atoms with Crippen LogP contribution < -0.4 is 10.5 Å². The van der Waals surface area contributed by atoms with Crippen LogP contribution in [0.25, 0.3) is 0 Å². The van der Waals surface area contributed by atoms with Gasteiger partial charge < -0.3 is 10.5 Å². The molecule has 2 aromatic carbocycles. The highest BCUT2D eigenvalue weighted by Crippen LogP contribution is 2.36. The van der Waals surface area contributed by atoms with E-state index in [0.29, 0.717) is 5.69 Å². The van der Waals surface area contributed by atoms with Gasteiger partial charge in [0.05, 0.1) is 0 Å². The van der Waals surface area contributed by atoms with Gasteiger partial charge in [-0.05, 0) is 18.2 Å². The topological polar surface area (TPSA) is 35.2 Å². The van der Waals surface area contributed by atoms with Crippen LogP contribution >= 0.6 is 0 Å². The fourth-order valence-electron chi connectivity index (χ4n) is 1.62. The number of hydrogen-bond acceptors (Lipinski definition) is 2. The molecule has 0 aromatic heterocycles. The highest BCUT2D eigenvalue weighted by Gasteiger charge is 2.43. The smallest absolute Gasteiger partial charge is 0.429 e. The zero-order chi connectivity index (χ0) is 13.9. The first kappa shape index (κ1) is 13.3. The van der Waals surface area contributed by atoms with E-state index in [2.05, 4.69) is 6.07 Å². The molecule has 99 valence electrons. The van der Waals surface area contributed by atoms with E-state index in [9.17, 15) is 13.2 Å². The summed E-state index contributed by atoms with van der Waals surface area (Å²) in [5, 5.41) is 0. The minimum absolute atomic E-state index is 0.0335. The van der Waals surface area contributed by atoms with Gasteiger partial charge in [-0.2, -0.15) is 13.2 Å². The Kier molecular flexibility index (Phi) is 3.64. The second-order valence-electron chi connectivity index (χ2n) is 3.95. The van der Waals surface area contributed by atoms with E-state index in [4.69, 9.17) is 10.5 Å². The molecule has 0 aliphatic carbocycles. The molecule has 2 N–H and O–H groups in total. The van der Waals surface area contributed by atoms with Crippen molar-refractivity contribution in [2.75, 3.05) is 5.73 Å². The molecule has 0 spiro atoms. The molecule has 2 aromatic rings. The average Bonchev–Trinajstić information content (AvgIpc) is 2.36.